The van der Waals surface area contributed by atoms with Crippen LogP contribution in [0.5, 0.6) is 0 Å². The van der Waals surface area contributed by atoms with Crippen molar-refractivity contribution in [3.8, 4) is 0 Å². The molecule has 0 amide bonds. The van der Waals surface area contributed by atoms with E-state index < -0.39 is 0 Å². The van der Waals surface area contributed by atoms with Gasteiger partial charge in [0.15, 0.2) is 0 Å². The standard InChI is InChI=1S/C21H23N5O2/c1-14-22-19(24-16-8-10-18(11-9-16)26(2)3)13-20(23-14)25-17-7-5-6-15(12-17)21(27)28-4/h5-13H,1-4H3,(H2,22,23,24,25). The molecule has 2 N–H and O–H groups in total. The molecule has 0 fully saturated rings. The van der Waals surface area contributed by atoms with Gasteiger partial charge in [-0.3, -0.25) is 0 Å². The molecule has 28 heavy (non-hydrogen) atoms. The summed E-state index contributed by atoms with van der Waals surface area (Å²) in [5, 5.41) is 6.50. The second-order valence-electron chi connectivity index (χ2n) is 6.45. The minimum atomic E-state index is -0.383. The lowest BCUT2D eigenvalue weighted by molar-refractivity contribution is 0.0601. The van der Waals surface area contributed by atoms with Crippen molar-refractivity contribution in [2.24, 2.45) is 0 Å². The highest BCUT2D eigenvalue weighted by Gasteiger charge is 2.08. The number of carbonyl (C=O) groups excluding carboxylic acids is 1. The summed E-state index contributed by atoms with van der Waals surface area (Å²) in [6.45, 7) is 1.83. The van der Waals surface area contributed by atoms with Crippen LogP contribution in [-0.4, -0.2) is 37.1 Å². The number of nitrogens with one attached hydrogen (secondary N) is 2. The van der Waals surface area contributed by atoms with E-state index in [0.717, 1.165) is 17.1 Å². The fourth-order valence-corrected chi connectivity index (χ4v) is 2.68. The van der Waals surface area contributed by atoms with Gasteiger partial charge in [-0.15, -0.1) is 0 Å². The zero-order valence-corrected chi connectivity index (χ0v) is 16.4. The molecule has 0 saturated heterocycles. The smallest absolute Gasteiger partial charge is 0.337 e. The maximum absolute atomic E-state index is 11.7. The Hall–Kier alpha value is -3.61. The molecule has 0 atom stereocenters. The van der Waals surface area contributed by atoms with Crippen LogP contribution in [0.3, 0.4) is 0 Å². The normalized spacial score (nSPS) is 10.3. The Morgan fingerprint density at radius 1 is 0.929 bits per heavy atom. The largest absolute Gasteiger partial charge is 0.465 e. The van der Waals surface area contributed by atoms with Gasteiger partial charge in [0, 0.05) is 37.2 Å². The third kappa shape index (κ3) is 4.76. The van der Waals surface area contributed by atoms with Gasteiger partial charge in [-0.1, -0.05) is 6.07 Å². The summed E-state index contributed by atoms with van der Waals surface area (Å²) in [5.74, 6) is 1.55. The van der Waals surface area contributed by atoms with Crippen LogP contribution < -0.4 is 15.5 Å². The zero-order valence-electron chi connectivity index (χ0n) is 16.4. The number of hydrogen-bond donors (Lipinski definition) is 2. The van der Waals surface area contributed by atoms with Gasteiger partial charge in [0.25, 0.3) is 0 Å². The number of methoxy groups -OCH3 is 1. The molecular formula is C21H23N5O2. The maximum Gasteiger partial charge on any atom is 0.337 e. The van der Waals surface area contributed by atoms with Gasteiger partial charge in [-0.2, -0.15) is 0 Å². The average molecular weight is 377 g/mol. The second-order valence-corrected chi connectivity index (χ2v) is 6.45. The summed E-state index contributed by atoms with van der Waals surface area (Å²) in [6.07, 6.45) is 0. The van der Waals surface area contributed by atoms with Crippen molar-refractivity contribution < 1.29 is 9.53 Å². The third-order valence-corrected chi connectivity index (χ3v) is 4.05. The summed E-state index contributed by atoms with van der Waals surface area (Å²) < 4.78 is 4.76. The van der Waals surface area contributed by atoms with Crippen LogP contribution in [0.4, 0.5) is 28.7 Å². The number of benzene rings is 2. The molecule has 0 saturated carbocycles. The summed E-state index contributed by atoms with van der Waals surface area (Å²) in [4.78, 5) is 22.6. The number of ether oxygens (including phenoxy) is 1. The van der Waals surface area contributed by atoms with E-state index in [2.05, 4.69) is 20.6 Å². The Kier molecular flexibility index (Phi) is 5.74. The van der Waals surface area contributed by atoms with Gasteiger partial charge in [0.2, 0.25) is 0 Å². The van der Waals surface area contributed by atoms with Gasteiger partial charge in [-0.05, 0) is 49.4 Å². The van der Waals surface area contributed by atoms with Crippen LogP contribution in [0, 0.1) is 6.92 Å². The van der Waals surface area contributed by atoms with E-state index >= 15 is 0 Å². The molecule has 0 aliphatic rings. The fraction of sp³-hybridized carbons (Fsp3) is 0.190. The van der Waals surface area contributed by atoms with Gasteiger partial charge < -0.3 is 20.3 Å². The van der Waals surface area contributed by atoms with Crippen molar-refractivity contribution in [2.45, 2.75) is 6.92 Å². The molecule has 0 aliphatic carbocycles. The summed E-state index contributed by atoms with van der Waals surface area (Å²) >= 11 is 0. The number of esters is 1. The quantitative estimate of drug-likeness (QED) is 0.625. The molecule has 0 unspecified atom stereocenters. The maximum atomic E-state index is 11.7. The highest BCUT2D eigenvalue weighted by Crippen LogP contribution is 2.22. The van der Waals surface area contributed by atoms with E-state index in [-0.39, 0.29) is 5.97 Å². The molecule has 7 nitrogen and oxygen atoms in total. The third-order valence-electron chi connectivity index (χ3n) is 4.05. The molecular weight excluding hydrogens is 354 g/mol. The van der Waals surface area contributed by atoms with E-state index in [0.29, 0.717) is 23.0 Å². The second kappa shape index (κ2) is 8.39. The van der Waals surface area contributed by atoms with E-state index in [1.165, 1.54) is 7.11 Å². The minimum Gasteiger partial charge on any atom is -0.465 e. The lowest BCUT2D eigenvalue weighted by atomic mass is 10.2. The number of nitrogens with zero attached hydrogens (tertiary/aromatic N) is 3. The first-order valence-electron chi connectivity index (χ1n) is 8.80. The van der Waals surface area contributed by atoms with Crippen LogP contribution in [0.1, 0.15) is 16.2 Å². The SMILES string of the molecule is COC(=O)c1cccc(Nc2cc(Nc3ccc(N(C)C)cc3)nc(C)n2)c1. The first kappa shape index (κ1) is 19.2. The van der Waals surface area contributed by atoms with E-state index in [1.54, 1.807) is 18.2 Å². The highest BCUT2D eigenvalue weighted by molar-refractivity contribution is 5.90. The molecule has 0 radical (unpaired) electrons. The van der Waals surface area contributed by atoms with Crippen LogP contribution in [-0.2, 0) is 4.74 Å². The first-order chi connectivity index (χ1) is 13.4. The number of aromatic nitrogens is 2. The zero-order chi connectivity index (χ0) is 20.1. The lowest BCUT2D eigenvalue weighted by Crippen LogP contribution is -2.08. The summed E-state index contributed by atoms with van der Waals surface area (Å²) in [7, 11) is 5.37. The number of anilines is 5. The van der Waals surface area contributed by atoms with Crippen molar-refractivity contribution in [3.63, 3.8) is 0 Å². The Morgan fingerprint density at radius 2 is 1.57 bits per heavy atom. The van der Waals surface area contributed by atoms with E-state index in [4.69, 9.17) is 4.74 Å². The predicted molar refractivity (Wildman–Crippen MR) is 112 cm³/mol. The van der Waals surface area contributed by atoms with Crippen molar-refractivity contribution in [1.29, 1.82) is 0 Å². The van der Waals surface area contributed by atoms with Gasteiger partial charge >= 0.3 is 5.97 Å². The topological polar surface area (TPSA) is 79.4 Å². The average Bonchev–Trinajstić information content (AvgIpc) is 2.67. The molecule has 0 spiro atoms. The van der Waals surface area contributed by atoms with Gasteiger partial charge in [-0.25, -0.2) is 14.8 Å². The van der Waals surface area contributed by atoms with Gasteiger partial charge in [0.1, 0.15) is 17.5 Å². The molecule has 0 aliphatic heterocycles. The summed E-state index contributed by atoms with van der Waals surface area (Å²) in [6, 6.07) is 17.0. The van der Waals surface area contributed by atoms with Crippen LogP contribution in [0.15, 0.2) is 54.6 Å². The van der Waals surface area contributed by atoms with Crippen LogP contribution in [0.2, 0.25) is 0 Å². The Labute approximate surface area is 164 Å². The van der Waals surface area contributed by atoms with Crippen molar-refractivity contribution in [3.05, 3.63) is 66.0 Å². The van der Waals surface area contributed by atoms with Crippen molar-refractivity contribution in [1.82, 2.24) is 9.97 Å². The molecule has 1 aromatic heterocycles. The number of aryl methyl sites for hydroxylation is 1. The van der Waals surface area contributed by atoms with Gasteiger partial charge in [0.05, 0.1) is 12.7 Å². The molecule has 0 bridgehead atoms. The fourth-order valence-electron chi connectivity index (χ4n) is 2.68. The summed E-state index contributed by atoms with van der Waals surface area (Å²) in [5.41, 5.74) is 3.26. The molecule has 7 heteroatoms. The molecule has 3 aromatic rings. The highest BCUT2D eigenvalue weighted by atomic mass is 16.5. The predicted octanol–water partition coefficient (Wildman–Crippen LogP) is 4.12. The molecule has 144 valence electrons. The number of rotatable bonds is 6. The molecule has 3 rings (SSSR count). The first-order valence-corrected chi connectivity index (χ1v) is 8.80. The molecule has 2 aromatic carbocycles. The van der Waals surface area contributed by atoms with E-state index in [1.807, 2.05) is 62.3 Å². The van der Waals surface area contributed by atoms with Crippen molar-refractivity contribution in [2.75, 3.05) is 36.7 Å². The number of hydrogen-bond acceptors (Lipinski definition) is 7. The van der Waals surface area contributed by atoms with Crippen LogP contribution >= 0.6 is 0 Å². The van der Waals surface area contributed by atoms with E-state index in [9.17, 15) is 4.79 Å². The lowest BCUT2D eigenvalue weighted by Gasteiger charge is -2.14. The van der Waals surface area contributed by atoms with Crippen molar-refractivity contribution >= 4 is 34.7 Å². The Balaban J connectivity index is 1.79. The minimum absolute atomic E-state index is 0.383. The Morgan fingerprint density at radius 3 is 2.18 bits per heavy atom. The monoisotopic (exact) mass is 377 g/mol. The Bertz CT molecular complexity index is 971. The molecule has 1 heterocycles. The number of carbonyl (C=O) groups is 1. The van der Waals surface area contributed by atoms with Crippen LogP contribution in [0.25, 0.3) is 0 Å².